The fourth-order valence-electron chi connectivity index (χ4n) is 4.38. The topological polar surface area (TPSA) is 93.7 Å². The van der Waals surface area contributed by atoms with Crippen molar-refractivity contribution in [1.29, 1.82) is 0 Å². The second kappa shape index (κ2) is 12.1. The van der Waals surface area contributed by atoms with Gasteiger partial charge in [0.15, 0.2) is 0 Å². The number of amides is 2. The van der Waals surface area contributed by atoms with Gasteiger partial charge in [0.25, 0.3) is 0 Å². The van der Waals surface area contributed by atoms with Crippen molar-refractivity contribution < 1.29 is 23.9 Å². The minimum Gasteiger partial charge on any atom is -0.454 e. The van der Waals surface area contributed by atoms with Crippen molar-refractivity contribution in [1.82, 2.24) is 10.6 Å². The van der Waals surface area contributed by atoms with Gasteiger partial charge < -0.3 is 20.1 Å². The Morgan fingerprint density at radius 1 is 1.06 bits per heavy atom. The van der Waals surface area contributed by atoms with E-state index in [2.05, 4.69) is 31.4 Å². The van der Waals surface area contributed by atoms with Crippen LogP contribution in [0.15, 0.2) is 30.3 Å². The van der Waals surface area contributed by atoms with Gasteiger partial charge in [0, 0.05) is 5.92 Å². The van der Waals surface area contributed by atoms with E-state index >= 15 is 0 Å². The van der Waals surface area contributed by atoms with Crippen LogP contribution in [-0.2, 0) is 19.1 Å². The Morgan fingerprint density at radius 2 is 1.73 bits per heavy atom. The van der Waals surface area contributed by atoms with Gasteiger partial charge in [0.05, 0.1) is 6.54 Å². The Morgan fingerprint density at radius 3 is 2.33 bits per heavy atom. The van der Waals surface area contributed by atoms with Crippen molar-refractivity contribution in [2.75, 3.05) is 13.1 Å². The quantitative estimate of drug-likeness (QED) is 0.552. The maximum atomic E-state index is 13.1. The van der Waals surface area contributed by atoms with Gasteiger partial charge in [-0.2, -0.15) is 0 Å². The zero-order valence-electron chi connectivity index (χ0n) is 20.9. The lowest BCUT2D eigenvalue weighted by atomic mass is 9.70. The molecule has 0 aliphatic heterocycles. The number of nitrogens with one attached hydrogen (secondary N) is 2. The van der Waals surface area contributed by atoms with Crippen LogP contribution in [0.4, 0.5) is 4.79 Å². The zero-order valence-corrected chi connectivity index (χ0v) is 20.9. The van der Waals surface area contributed by atoms with Gasteiger partial charge in [-0.25, -0.2) is 4.79 Å². The van der Waals surface area contributed by atoms with Crippen LogP contribution in [0, 0.1) is 23.7 Å². The Hall–Kier alpha value is -2.57. The molecule has 2 rings (SSSR count). The monoisotopic (exact) mass is 460 g/mol. The number of ether oxygens (including phenoxy) is 2. The van der Waals surface area contributed by atoms with Crippen molar-refractivity contribution >= 4 is 18.0 Å². The predicted molar refractivity (Wildman–Crippen MR) is 127 cm³/mol. The van der Waals surface area contributed by atoms with Crippen LogP contribution >= 0.6 is 0 Å². The molecule has 33 heavy (non-hydrogen) atoms. The molecule has 0 bridgehead atoms. The first-order valence-corrected chi connectivity index (χ1v) is 11.9. The average Bonchev–Trinajstić information content (AvgIpc) is 2.74. The molecule has 1 aliphatic carbocycles. The predicted octanol–water partition coefficient (Wildman–Crippen LogP) is 4.62. The minimum absolute atomic E-state index is 0.0177. The van der Waals surface area contributed by atoms with Crippen LogP contribution in [0.25, 0.3) is 0 Å². The lowest BCUT2D eigenvalue weighted by molar-refractivity contribution is -0.149. The van der Waals surface area contributed by atoms with E-state index in [9.17, 15) is 14.4 Å². The summed E-state index contributed by atoms with van der Waals surface area (Å²) in [6.45, 7) is 11.6. The summed E-state index contributed by atoms with van der Waals surface area (Å²) in [5, 5.41) is 5.44. The minimum atomic E-state index is -0.685. The molecule has 1 fully saturated rings. The highest BCUT2D eigenvalue weighted by Crippen LogP contribution is 2.38. The number of carbonyl (C=O) groups excluding carboxylic acids is 3. The molecule has 1 aliphatic rings. The number of rotatable bonds is 8. The van der Waals surface area contributed by atoms with Gasteiger partial charge in [-0.1, -0.05) is 57.5 Å². The standard InChI is InChI=1S/C26H40N2O5/c1-17(2)20-13-12-18(3)14-21(20)24(30)27-15-22(19-10-8-7-9-11-19)32-23(29)16-28-25(31)33-26(4,5)6/h7-11,17-18,20-22H,12-16H2,1-6H3,(H,27,30)(H,28,31)/t18?,20-,21?,22?/m0/s1. The Labute approximate surface area is 198 Å². The summed E-state index contributed by atoms with van der Waals surface area (Å²) >= 11 is 0. The van der Waals surface area contributed by atoms with E-state index in [1.807, 2.05) is 30.3 Å². The summed E-state index contributed by atoms with van der Waals surface area (Å²) in [6.07, 6.45) is 1.76. The summed E-state index contributed by atoms with van der Waals surface area (Å²) in [7, 11) is 0. The number of alkyl carbamates (subject to hydrolysis) is 1. The number of hydrogen-bond acceptors (Lipinski definition) is 5. The number of esters is 1. The second-order valence-corrected chi connectivity index (χ2v) is 10.4. The molecule has 0 saturated heterocycles. The molecular formula is C26H40N2O5. The van der Waals surface area contributed by atoms with Gasteiger partial charge >= 0.3 is 12.1 Å². The highest BCUT2D eigenvalue weighted by atomic mass is 16.6. The highest BCUT2D eigenvalue weighted by molar-refractivity contribution is 5.80. The highest BCUT2D eigenvalue weighted by Gasteiger charge is 2.35. The molecule has 0 spiro atoms. The largest absolute Gasteiger partial charge is 0.454 e. The fourth-order valence-corrected chi connectivity index (χ4v) is 4.38. The van der Waals surface area contributed by atoms with E-state index in [1.165, 1.54) is 0 Å². The summed E-state index contributed by atoms with van der Waals surface area (Å²) < 4.78 is 10.8. The van der Waals surface area contributed by atoms with Crippen LogP contribution in [-0.4, -0.2) is 36.7 Å². The molecule has 7 nitrogen and oxygen atoms in total. The molecule has 4 atom stereocenters. The third-order valence-corrected chi connectivity index (χ3v) is 6.04. The Bertz CT molecular complexity index is 788. The van der Waals surface area contributed by atoms with E-state index in [0.717, 1.165) is 24.8 Å². The molecule has 2 amide bonds. The molecule has 7 heteroatoms. The first-order chi connectivity index (χ1) is 15.5. The van der Waals surface area contributed by atoms with Gasteiger partial charge in [-0.3, -0.25) is 9.59 Å². The third-order valence-electron chi connectivity index (χ3n) is 6.04. The van der Waals surface area contributed by atoms with Crippen LogP contribution in [0.2, 0.25) is 0 Å². The smallest absolute Gasteiger partial charge is 0.408 e. The second-order valence-electron chi connectivity index (χ2n) is 10.4. The first kappa shape index (κ1) is 26.7. The first-order valence-electron chi connectivity index (χ1n) is 11.9. The molecule has 0 aromatic heterocycles. The van der Waals surface area contributed by atoms with Crippen molar-refractivity contribution in [2.24, 2.45) is 23.7 Å². The molecule has 3 unspecified atom stereocenters. The molecule has 1 saturated carbocycles. The Balaban J connectivity index is 1.99. The average molecular weight is 461 g/mol. The summed E-state index contributed by atoms with van der Waals surface area (Å²) in [5.74, 6) is 0.707. The van der Waals surface area contributed by atoms with E-state index in [0.29, 0.717) is 17.8 Å². The molecule has 1 aromatic carbocycles. The van der Waals surface area contributed by atoms with Crippen molar-refractivity contribution in [3.8, 4) is 0 Å². The lowest BCUT2D eigenvalue weighted by Gasteiger charge is -2.36. The van der Waals surface area contributed by atoms with Crippen molar-refractivity contribution in [2.45, 2.75) is 72.5 Å². The lowest BCUT2D eigenvalue weighted by Crippen LogP contribution is -2.42. The van der Waals surface area contributed by atoms with Crippen molar-refractivity contribution in [3.63, 3.8) is 0 Å². The summed E-state index contributed by atoms with van der Waals surface area (Å²) in [6, 6.07) is 9.29. The Kier molecular flexibility index (Phi) is 9.74. The number of carbonyl (C=O) groups is 3. The van der Waals surface area contributed by atoms with Gasteiger partial charge in [0.1, 0.15) is 18.2 Å². The van der Waals surface area contributed by atoms with E-state index in [-0.39, 0.29) is 24.9 Å². The SMILES string of the molecule is CC1CC[C@@H](C(C)C)C(C(=O)NCC(OC(=O)CNC(=O)OC(C)(C)C)c2ccccc2)C1. The van der Waals surface area contributed by atoms with Gasteiger partial charge in [-0.15, -0.1) is 0 Å². The summed E-state index contributed by atoms with van der Waals surface area (Å²) in [5.41, 5.74) is 0.121. The van der Waals surface area contributed by atoms with E-state index in [1.54, 1.807) is 20.8 Å². The normalized spacial score (nSPS) is 21.7. The zero-order chi connectivity index (χ0) is 24.6. The maximum Gasteiger partial charge on any atom is 0.408 e. The van der Waals surface area contributed by atoms with Gasteiger partial charge in [0.2, 0.25) is 5.91 Å². The van der Waals surface area contributed by atoms with Gasteiger partial charge in [-0.05, 0) is 56.9 Å². The molecule has 0 radical (unpaired) electrons. The molecule has 2 N–H and O–H groups in total. The molecule has 0 heterocycles. The summed E-state index contributed by atoms with van der Waals surface area (Å²) in [4.78, 5) is 37.3. The van der Waals surface area contributed by atoms with E-state index in [4.69, 9.17) is 9.47 Å². The maximum absolute atomic E-state index is 13.1. The van der Waals surface area contributed by atoms with E-state index < -0.39 is 23.8 Å². The van der Waals surface area contributed by atoms with Crippen LogP contribution in [0.1, 0.15) is 72.5 Å². The fraction of sp³-hybridized carbons (Fsp3) is 0.654. The van der Waals surface area contributed by atoms with Crippen LogP contribution < -0.4 is 10.6 Å². The third kappa shape index (κ3) is 9.06. The molecule has 1 aromatic rings. The number of benzene rings is 1. The number of hydrogen-bond donors (Lipinski definition) is 2. The van der Waals surface area contributed by atoms with Crippen molar-refractivity contribution in [3.05, 3.63) is 35.9 Å². The van der Waals surface area contributed by atoms with Crippen LogP contribution in [0.5, 0.6) is 0 Å². The molecule has 184 valence electrons. The van der Waals surface area contributed by atoms with Crippen LogP contribution in [0.3, 0.4) is 0 Å². The molecular weight excluding hydrogens is 420 g/mol.